The topological polar surface area (TPSA) is 8.17 Å². The van der Waals surface area contributed by atoms with E-state index in [1.807, 2.05) is 12.1 Å². The van der Waals surface area contributed by atoms with E-state index in [4.69, 9.17) is 0 Å². The Morgan fingerprint density at radius 1 is 0.617 bits per heavy atom. The van der Waals surface area contributed by atoms with Crippen LogP contribution in [0.1, 0.15) is 5.56 Å². The number of halogens is 1. The lowest BCUT2D eigenvalue weighted by molar-refractivity contribution is 0.562. The Bertz CT molecular complexity index is 2410. The van der Waals surface area contributed by atoms with Crippen LogP contribution in [0.4, 0.5) is 15.8 Å². The fourth-order valence-corrected chi connectivity index (χ4v) is 6.93. The second kappa shape index (κ2) is 12.5. The molecular weight excluding hydrogens is 575 g/mol. The first-order valence-corrected chi connectivity index (χ1v) is 16.1. The third-order valence-electron chi connectivity index (χ3n) is 8.99. The summed E-state index contributed by atoms with van der Waals surface area (Å²) in [6.07, 6.45) is 5.82. The normalized spacial score (nSPS) is 12.1. The van der Waals surface area contributed by atoms with Crippen LogP contribution in [0.3, 0.4) is 0 Å². The van der Waals surface area contributed by atoms with Crippen molar-refractivity contribution in [1.29, 1.82) is 0 Å². The quantitative estimate of drug-likeness (QED) is 0.156. The van der Waals surface area contributed by atoms with Crippen molar-refractivity contribution >= 4 is 60.3 Å². The van der Waals surface area contributed by atoms with Crippen LogP contribution in [0, 0.1) is 0 Å². The molecule has 7 aromatic carbocycles. The number of nitrogens with zero attached hydrogens (tertiary/aromatic N) is 2. The van der Waals surface area contributed by atoms with Crippen LogP contribution in [-0.2, 0) is 0 Å². The molecule has 0 aliphatic carbocycles. The molecule has 0 unspecified atom stereocenters. The van der Waals surface area contributed by atoms with E-state index in [0.717, 1.165) is 50.0 Å². The van der Waals surface area contributed by atoms with E-state index in [9.17, 15) is 4.39 Å². The van der Waals surface area contributed by atoms with E-state index < -0.39 is 6.67 Å². The lowest BCUT2D eigenvalue weighted by Crippen LogP contribution is -2.17. The van der Waals surface area contributed by atoms with E-state index in [0.29, 0.717) is 6.54 Å². The van der Waals surface area contributed by atoms with Gasteiger partial charge in [-0.05, 0) is 64.4 Å². The van der Waals surface area contributed by atoms with E-state index in [1.165, 1.54) is 21.5 Å². The van der Waals surface area contributed by atoms with Crippen molar-refractivity contribution in [3.63, 3.8) is 0 Å². The molecule has 8 rings (SSSR count). The van der Waals surface area contributed by atoms with Gasteiger partial charge in [0, 0.05) is 45.2 Å². The van der Waals surface area contributed by atoms with E-state index in [-0.39, 0.29) is 0 Å². The summed E-state index contributed by atoms with van der Waals surface area (Å²) < 4.78 is 16.3. The van der Waals surface area contributed by atoms with Crippen LogP contribution in [0.15, 0.2) is 176 Å². The first-order chi connectivity index (χ1) is 23.3. The third-order valence-corrected chi connectivity index (χ3v) is 8.99. The van der Waals surface area contributed by atoms with Crippen molar-refractivity contribution in [3.05, 3.63) is 182 Å². The maximum Gasteiger partial charge on any atom is 0.108 e. The summed E-state index contributed by atoms with van der Waals surface area (Å²) in [5, 5.41) is 7.03. The predicted octanol–water partition coefficient (Wildman–Crippen LogP) is 11.8. The first-order valence-electron chi connectivity index (χ1n) is 16.1. The van der Waals surface area contributed by atoms with Gasteiger partial charge < -0.3 is 9.47 Å². The van der Waals surface area contributed by atoms with Gasteiger partial charge in [-0.15, -0.1) is 0 Å². The van der Waals surface area contributed by atoms with Gasteiger partial charge in [0.25, 0.3) is 0 Å². The van der Waals surface area contributed by atoms with Crippen molar-refractivity contribution in [2.24, 2.45) is 0 Å². The Morgan fingerprint density at radius 3 is 2.04 bits per heavy atom. The summed E-state index contributed by atoms with van der Waals surface area (Å²) in [4.78, 5) is 2.34. The number of fused-ring (bicyclic) bond motifs is 6. The number of benzene rings is 7. The monoisotopic (exact) mass is 608 g/mol. The molecule has 0 atom stereocenters. The highest BCUT2D eigenvalue weighted by atomic mass is 19.1. The lowest BCUT2D eigenvalue weighted by Gasteiger charge is -2.26. The van der Waals surface area contributed by atoms with Gasteiger partial charge >= 0.3 is 0 Å². The van der Waals surface area contributed by atoms with E-state index in [2.05, 4.69) is 167 Å². The molecule has 0 saturated carbocycles. The number of rotatable bonds is 8. The van der Waals surface area contributed by atoms with Crippen LogP contribution in [0.25, 0.3) is 54.6 Å². The zero-order valence-corrected chi connectivity index (χ0v) is 25.9. The third kappa shape index (κ3) is 5.16. The van der Waals surface area contributed by atoms with Crippen molar-refractivity contribution in [1.82, 2.24) is 4.57 Å². The molecule has 1 heterocycles. The van der Waals surface area contributed by atoms with Crippen molar-refractivity contribution in [2.45, 2.75) is 0 Å². The minimum absolute atomic E-state index is 0.536. The number of hydrogen-bond acceptors (Lipinski definition) is 1. The molecule has 47 heavy (non-hydrogen) atoms. The fourth-order valence-electron chi connectivity index (χ4n) is 6.93. The minimum Gasteiger partial charge on any atom is -0.337 e. The van der Waals surface area contributed by atoms with Gasteiger partial charge in [0.05, 0.1) is 11.0 Å². The SMILES string of the molecule is FC/C=C\C(=C/CN(c1ccccc1)c1cccc2ccccc12)c1cc2ccccc2c2c1c1ccccc1n2-c1ccccc1. The molecule has 0 bridgehead atoms. The summed E-state index contributed by atoms with van der Waals surface area (Å²) in [6.45, 7) is 0.0567. The number of aromatic nitrogens is 1. The number of allylic oxidation sites excluding steroid dienone is 3. The summed E-state index contributed by atoms with van der Waals surface area (Å²) in [5.41, 5.74) is 7.69. The molecule has 3 heteroatoms. The molecule has 1 aromatic heterocycles. The zero-order chi connectivity index (χ0) is 31.6. The Hall–Kier alpha value is -5.93. The zero-order valence-electron chi connectivity index (χ0n) is 25.9. The molecule has 0 radical (unpaired) electrons. The minimum atomic E-state index is -0.536. The molecule has 0 spiro atoms. The molecule has 0 fully saturated rings. The standard InChI is InChI=1S/C44H33FN2/c45-29-14-18-33(28-30-46(35-19-3-1-4-20-35)41-27-13-17-32-15-7-9-23-37(32)41)40-31-34-16-8-10-24-38(34)44-43(40)39-25-11-12-26-42(39)47(44)36-21-5-2-6-22-36/h1-28,31H,29-30H2/b18-14-,33-28+. The van der Waals surface area contributed by atoms with Crippen molar-refractivity contribution in [3.8, 4) is 5.69 Å². The maximum absolute atomic E-state index is 13.9. The van der Waals surface area contributed by atoms with Crippen LogP contribution >= 0.6 is 0 Å². The Kier molecular flexibility index (Phi) is 7.56. The number of anilines is 2. The first kappa shape index (κ1) is 28.5. The highest BCUT2D eigenvalue weighted by molar-refractivity contribution is 6.22. The highest BCUT2D eigenvalue weighted by Gasteiger charge is 2.20. The molecule has 2 nitrogen and oxygen atoms in total. The summed E-state index contributed by atoms with van der Waals surface area (Å²) >= 11 is 0. The highest BCUT2D eigenvalue weighted by Crippen LogP contribution is 2.42. The summed E-state index contributed by atoms with van der Waals surface area (Å²) in [5.74, 6) is 0. The Balaban J connectivity index is 1.40. The second-order valence-electron chi connectivity index (χ2n) is 11.7. The van der Waals surface area contributed by atoms with E-state index >= 15 is 0 Å². The molecule has 226 valence electrons. The average molecular weight is 609 g/mol. The predicted molar refractivity (Wildman–Crippen MR) is 199 cm³/mol. The fraction of sp³-hybridized carbons (Fsp3) is 0.0455. The molecule has 0 N–H and O–H groups in total. The second-order valence-corrected chi connectivity index (χ2v) is 11.7. The van der Waals surface area contributed by atoms with Gasteiger partial charge in [-0.2, -0.15) is 0 Å². The van der Waals surface area contributed by atoms with Gasteiger partial charge in [0.1, 0.15) is 6.67 Å². The maximum atomic E-state index is 13.9. The molecule has 0 aliphatic rings. The lowest BCUT2D eigenvalue weighted by atomic mass is 9.94. The van der Waals surface area contributed by atoms with Crippen LogP contribution in [-0.4, -0.2) is 17.8 Å². The number of hydrogen-bond donors (Lipinski definition) is 0. The summed E-state index contributed by atoms with van der Waals surface area (Å²) in [6, 6.07) is 55.5. The van der Waals surface area contributed by atoms with Gasteiger partial charge in [0.15, 0.2) is 0 Å². The number of para-hydroxylation sites is 3. The molecule has 0 aliphatic heterocycles. The number of alkyl halides is 1. The van der Waals surface area contributed by atoms with Crippen LogP contribution in [0.2, 0.25) is 0 Å². The average Bonchev–Trinajstić information content (AvgIpc) is 3.49. The molecular formula is C44H33FN2. The smallest absolute Gasteiger partial charge is 0.108 e. The van der Waals surface area contributed by atoms with Gasteiger partial charge in [-0.25, -0.2) is 4.39 Å². The largest absolute Gasteiger partial charge is 0.337 e. The van der Waals surface area contributed by atoms with Crippen molar-refractivity contribution < 1.29 is 4.39 Å². The van der Waals surface area contributed by atoms with Gasteiger partial charge in [-0.3, -0.25) is 0 Å². The Morgan fingerprint density at radius 2 is 1.26 bits per heavy atom. The summed E-state index contributed by atoms with van der Waals surface area (Å²) in [7, 11) is 0. The van der Waals surface area contributed by atoms with Crippen LogP contribution < -0.4 is 4.90 Å². The molecule has 8 aromatic rings. The Labute approximate surface area is 273 Å². The van der Waals surface area contributed by atoms with Crippen LogP contribution in [0.5, 0.6) is 0 Å². The van der Waals surface area contributed by atoms with Gasteiger partial charge in [0.2, 0.25) is 0 Å². The van der Waals surface area contributed by atoms with Crippen molar-refractivity contribution in [2.75, 3.05) is 18.1 Å². The van der Waals surface area contributed by atoms with Gasteiger partial charge in [-0.1, -0.05) is 133 Å². The molecule has 0 amide bonds. The molecule has 0 saturated heterocycles. The van der Waals surface area contributed by atoms with E-state index in [1.54, 1.807) is 6.08 Å².